The molecule has 1 fully saturated rings. The molecule has 1 aromatic rings. The summed E-state index contributed by atoms with van der Waals surface area (Å²) >= 11 is 0. The van der Waals surface area contributed by atoms with Gasteiger partial charge in [0.1, 0.15) is 0 Å². The SMILES string of the molecule is CC1CC(Nc2c([N+](=O)[O-])ncn2C)CCN1C. The van der Waals surface area contributed by atoms with Gasteiger partial charge in [-0.25, -0.2) is 0 Å². The lowest BCUT2D eigenvalue weighted by Gasteiger charge is -2.35. The maximum absolute atomic E-state index is 10.9. The lowest BCUT2D eigenvalue weighted by molar-refractivity contribution is -0.388. The molecule has 2 heterocycles. The van der Waals surface area contributed by atoms with E-state index in [1.165, 1.54) is 6.33 Å². The van der Waals surface area contributed by atoms with Crippen molar-refractivity contribution in [3.63, 3.8) is 0 Å². The van der Waals surface area contributed by atoms with Crippen LogP contribution in [0.3, 0.4) is 0 Å². The third-order valence-corrected chi connectivity index (χ3v) is 3.64. The van der Waals surface area contributed by atoms with Gasteiger partial charge in [-0.05, 0) is 36.7 Å². The number of nitro groups is 1. The number of imidazole rings is 1. The Morgan fingerprint density at radius 1 is 1.56 bits per heavy atom. The second-order valence-electron chi connectivity index (χ2n) is 4.98. The minimum atomic E-state index is -0.444. The first kappa shape index (κ1) is 12.8. The molecule has 2 rings (SSSR count). The average molecular weight is 253 g/mol. The fourth-order valence-corrected chi connectivity index (χ4v) is 2.33. The summed E-state index contributed by atoms with van der Waals surface area (Å²) in [4.78, 5) is 16.5. The minimum Gasteiger partial charge on any atom is -0.361 e. The predicted octanol–water partition coefficient (Wildman–Crippen LogP) is 1.22. The lowest BCUT2D eigenvalue weighted by Crippen LogP contribution is -2.42. The highest BCUT2D eigenvalue weighted by molar-refractivity contribution is 5.52. The molecule has 0 saturated carbocycles. The van der Waals surface area contributed by atoms with E-state index in [0.717, 1.165) is 19.4 Å². The van der Waals surface area contributed by atoms with E-state index in [9.17, 15) is 10.1 Å². The second-order valence-corrected chi connectivity index (χ2v) is 4.98. The molecule has 2 unspecified atom stereocenters. The maximum atomic E-state index is 10.9. The summed E-state index contributed by atoms with van der Waals surface area (Å²) in [6.45, 7) is 3.18. The van der Waals surface area contributed by atoms with Crippen molar-refractivity contribution in [2.75, 3.05) is 18.9 Å². The lowest BCUT2D eigenvalue weighted by atomic mass is 9.99. The fraction of sp³-hybridized carbons (Fsp3) is 0.727. The number of likely N-dealkylation sites (tertiary alicyclic amines) is 1. The zero-order chi connectivity index (χ0) is 13.3. The molecule has 0 bridgehead atoms. The molecule has 0 spiro atoms. The van der Waals surface area contributed by atoms with Gasteiger partial charge < -0.3 is 20.3 Å². The Balaban J connectivity index is 2.10. The van der Waals surface area contributed by atoms with Crippen molar-refractivity contribution < 1.29 is 4.92 Å². The van der Waals surface area contributed by atoms with Crippen molar-refractivity contribution in [2.24, 2.45) is 7.05 Å². The van der Waals surface area contributed by atoms with E-state index in [1.54, 1.807) is 11.6 Å². The number of nitrogens with one attached hydrogen (secondary N) is 1. The smallest absolute Gasteiger partial charge is 0.361 e. The van der Waals surface area contributed by atoms with Gasteiger partial charge in [-0.2, -0.15) is 0 Å². The van der Waals surface area contributed by atoms with Gasteiger partial charge in [0.15, 0.2) is 0 Å². The van der Waals surface area contributed by atoms with Crippen LogP contribution in [-0.2, 0) is 7.05 Å². The highest BCUT2D eigenvalue weighted by Crippen LogP contribution is 2.25. The van der Waals surface area contributed by atoms with E-state index in [1.807, 2.05) is 0 Å². The molecule has 0 aliphatic carbocycles. The summed E-state index contributed by atoms with van der Waals surface area (Å²) < 4.78 is 1.67. The van der Waals surface area contributed by atoms with Crippen LogP contribution in [-0.4, -0.2) is 45.1 Å². The van der Waals surface area contributed by atoms with Crippen molar-refractivity contribution in [2.45, 2.75) is 31.8 Å². The van der Waals surface area contributed by atoms with E-state index in [0.29, 0.717) is 11.9 Å². The number of hydrogen-bond acceptors (Lipinski definition) is 5. The molecule has 1 saturated heterocycles. The largest absolute Gasteiger partial charge is 0.406 e. The first-order chi connectivity index (χ1) is 8.49. The molecule has 0 aromatic carbocycles. The van der Waals surface area contributed by atoms with Gasteiger partial charge in [0.25, 0.3) is 0 Å². The molecular weight excluding hydrogens is 234 g/mol. The molecule has 1 aliphatic heterocycles. The highest BCUT2D eigenvalue weighted by atomic mass is 16.6. The van der Waals surface area contributed by atoms with Crippen LogP contribution < -0.4 is 5.32 Å². The zero-order valence-electron chi connectivity index (χ0n) is 11.0. The number of aromatic nitrogens is 2. The number of nitrogens with zero attached hydrogens (tertiary/aromatic N) is 4. The van der Waals surface area contributed by atoms with Gasteiger partial charge in [0, 0.05) is 25.7 Å². The first-order valence-corrected chi connectivity index (χ1v) is 6.11. The van der Waals surface area contributed by atoms with Crippen LogP contribution in [0.15, 0.2) is 6.33 Å². The summed E-state index contributed by atoms with van der Waals surface area (Å²) in [5, 5.41) is 14.1. The number of aryl methyl sites for hydroxylation is 1. The van der Waals surface area contributed by atoms with Crippen LogP contribution in [0.25, 0.3) is 0 Å². The van der Waals surface area contributed by atoms with Gasteiger partial charge in [-0.15, -0.1) is 0 Å². The normalized spacial score (nSPS) is 25.1. The van der Waals surface area contributed by atoms with Crippen molar-refractivity contribution in [3.05, 3.63) is 16.4 Å². The summed E-state index contributed by atoms with van der Waals surface area (Å²) in [6.07, 6.45) is 3.45. The Morgan fingerprint density at radius 3 is 2.89 bits per heavy atom. The van der Waals surface area contributed by atoms with Crippen LogP contribution in [0.4, 0.5) is 11.6 Å². The number of anilines is 1. The number of piperidine rings is 1. The van der Waals surface area contributed by atoms with Crippen LogP contribution >= 0.6 is 0 Å². The Labute approximate surface area is 106 Å². The monoisotopic (exact) mass is 253 g/mol. The van der Waals surface area contributed by atoms with E-state index < -0.39 is 4.92 Å². The molecule has 0 amide bonds. The average Bonchev–Trinajstić information content (AvgIpc) is 2.66. The molecular formula is C11H19N5O2. The van der Waals surface area contributed by atoms with Crippen LogP contribution in [0.1, 0.15) is 19.8 Å². The molecule has 2 atom stereocenters. The van der Waals surface area contributed by atoms with Crippen molar-refractivity contribution in [1.29, 1.82) is 0 Å². The summed E-state index contributed by atoms with van der Waals surface area (Å²) in [7, 11) is 3.87. The minimum absolute atomic E-state index is 0.0934. The Bertz CT molecular complexity index is 445. The fourth-order valence-electron chi connectivity index (χ4n) is 2.33. The molecule has 7 heteroatoms. The van der Waals surface area contributed by atoms with Gasteiger partial charge >= 0.3 is 5.82 Å². The van der Waals surface area contributed by atoms with E-state index in [2.05, 4.69) is 29.2 Å². The summed E-state index contributed by atoms with van der Waals surface area (Å²) in [5.41, 5.74) is 0. The van der Waals surface area contributed by atoms with Crippen molar-refractivity contribution >= 4 is 11.6 Å². The summed E-state index contributed by atoms with van der Waals surface area (Å²) in [5.74, 6) is 0.408. The van der Waals surface area contributed by atoms with E-state index >= 15 is 0 Å². The van der Waals surface area contributed by atoms with E-state index in [-0.39, 0.29) is 11.9 Å². The van der Waals surface area contributed by atoms with Crippen molar-refractivity contribution in [1.82, 2.24) is 14.5 Å². The second kappa shape index (κ2) is 4.93. The molecule has 18 heavy (non-hydrogen) atoms. The first-order valence-electron chi connectivity index (χ1n) is 6.11. The van der Waals surface area contributed by atoms with Crippen molar-refractivity contribution in [3.8, 4) is 0 Å². The van der Waals surface area contributed by atoms with Crippen LogP contribution in [0.5, 0.6) is 0 Å². The van der Waals surface area contributed by atoms with Gasteiger partial charge in [-0.1, -0.05) is 0 Å². The Hall–Kier alpha value is -1.63. The van der Waals surface area contributed by atoms with Gasteiger partial charge in [0.05, 0.1) is 0 Å². The number of rotatable bonds is 3. The topological polar surface area (TPSA) is 76.2 Å². The quantitative estimate of drug-likeness (QED) is 0.647. The number of hydrogen-bond donors (Lipinski definition) is 1. The zero-order valence-corrected chi connectivity index (χ0v) is 11.0. The molecule has 1 aliphatic rings. The standard InChI is InChI=1S/C11H19N5O2/c1-8-6-9(4-5-14(8)2)13-11-10(16(17)18)12-7-15(11)3/h7-9,13H,4-6H2,1-3H3. The van der Waals surface area contributed by atoms with Crippen LogP contribution in [0, 0.1) is 10.1 Å². The molecule has 0 radical (unpaired) electrons. The highest BCUT2D eigenvalue weighted by Gasteiger charge is 2.27. The predicted molar refractivity (Wildman–Crippen MR) is 68.6 cm³/mol. The van der Waals surface area contributed by atoms with Crippen LogP contribution in [0.2, 0.25) is 0 Å². The Kier molecular flexibility index (Phi) is 3.51. The Morgan fingerprint density at radius 2 is 2.28 bits per heavy atom. The van der Waals surface area contributed by atoms with Gasteiger partial charge in [0.2, 0.25) is 12.1 Å². The third kappa shape index (κ3) is 2.45. The molecule has 100 valence electrons. The molecule has 7 nitrogen and oxygen atoms in total. The summed E-state index contributed by atoms with van der Waals surface area (Å²) in [6, 6.07) is 0.758. The van der Waals surface area contributed by atoms with Gasteiger partial charge in [-0.3, -0.25) is 4.57 Å². The maximum Gasteiger partial charge on any atom is 0.406 e. The molecule has 1 aromatic heterocycles. The third-order valence-electron chi connectivity index (χ3n) is 3.64. The molecule has 1 N–H and O–H groups in total. The van der Waals surface area contributed by atoms with E-state index in [4.69, 9.17) is 0 Å².